The minimum Gasteiger partial charge on any atom is -0.444 e. The third-order valence-corrected chi connectivity index (χ3v) is 2.66. The van der Waals surface area contributed by atoms with Crippen LogP contribution in [0.4, 0.5) is 14.9 Å². The molecule has 1 atom stereocenters. The number of nitrogens with two attached hydrogens (primary N) is 1. The fraction of sp³-hybridized carbons (Fsp3) is 0.500. The second kappa shape index (κ2) is 7.17. The van der Waals surface area contributed by atoms with Crippen LogP contribution < -0.4 is 11.1 Å². The van der Waals surface area contributed by atoms with E-state index in [1.54, 1.807) is 20.8 Å². The Morgan fingerprint density at radius 2 is 2.14 bits per heavy atom. The van der Waals surface area contributed by atoms with Crippen LogP contribution in [0.25, 0.3) is 0 Å². The highest BCUT2D eigenvalue weighted by atomic mass is 19.1. The molecule has 0 saturated carbocycles. The second-order valence-electron chi connectivity index (χ2n) is 5.84. The predicted octanol–water partition coefficient (Wildman–Crippen LogP) is 2.13. The van der Waals surface area contributed by atoms with E-state index >= 15 is 0 Å². The van der Waals surface area contributed by atoms with Gasteiger partial charge in [0.25, 0.3) is 5.69 Å². The largest absolute Gasteiger partial charge is 0.444 e. The van der Waals surface area contributed by atoms with Crippen LogP contribution in [-0.2, 0) is 11.2 Å². The first-order valence-corrected chi connectivity index (χ1v) is 6.74. The lowest BCUT2D eigenvalue weighted by Gasteiger charge is -2.20. The van der Waals surface area contributed by atoms with Gasteiger partial charge in [-0.05, 0) is 33.3 Å². The number of nitro benzene ring substituents is 1. The van der Waals surface area contributed by atoms with Gasteiger partial charge in [-0.15, -0.1) is 0 Å². The lowest BCUT2D eigenvalue weighted by Crippen LogP contribution is -2.41. The molecule has 0 aliphatic rings. The Bertz CT molecular complexity index is 558. The molecule has 1 aromatic carbocycles. The highest BCUT2D eigenvalue weighted by Crippen LogP contribution is 2.22. The monoisotopic (exact) mass is 313 g/mol. The van der Waals surface area contributed by atoms with E-state index in [0.717, 1.165) is 6.07 Å². The van der Waals surface area contributed by atoms with Crippen molar-refractivity contribution < 1.29 is 18.8 Å². The van der Waals surface area contributed by atoms with Crippen LogP contribution in [0.1, 0.15) is 26.3 Å². The Kier molecular flexibility index (Phi) is 5.81. The number of nitro groups is 1. The van der Waals surface area contributed by atoms with E-state index in [9.17, 15) is 19.3 Å². The van der Waals surface area contributed by atoms with Gasteiger partial charge in [-0.25, -0.2) is 9.18 Å². The van der Waals surface area contributed by atoms with E-state index in [1.807, 2.05) is 0 Å². The lowest BCUT2D eigenvalue weighted by atomic mass is 10.0. The minimum atomic E-state index is -0.693. The summed E-state index contributed by atoms with van der Waals surface area (Å²) in [5.41, 5.74) is 4.75. The molecule has 122 valence electrons. The zero-order chi connectivity index (χ0) is 16.9. The molecule has 0 radical (unpaired) electrons. The van der Waals surface area contributed by atoms with Gasteiger partial charge in [-0.3, -0.25) is 10.1 Å². The quantitative estimate of drug-likeness (QED) is 0.639. The first kappa shape index (κ1) is 17.8. The van der Waals surface area contributed by atoms with Gasteiger partial charge in [-0.1, -0.05) is 6.07 Å². The van der Waals surface area contributed by atoms with Gasteiger partial charge in [0, 0.05) is 18.7 Å². The van der Waals surface area contributed by atoms with Gasteiger partial charge < -0.3 is 15.8 Å². The summed E-state index contributed by atoms with van der Waals surface area (Å²) in [7, 11) is 0. The molecule has 1 aromatic rings. The number of rotatable bonds is 5. The van der Waals surface area contributed by atoms with Crippen LogP contribution in [0.5, 0.6) is 0 Å². The van der Waals surface area contributed by atoms with Crippen LogP contribution in [0.3, 0.4) is 0 Å². The number of carbonyl (C=O) groups is 1. The predicted molar refractivity (Wildman–Crippen MR) is 79.0 cm³/mol. The molecular formula is C14H20FN3O4. The summed E-state index contributed by atoms with van der Waals surface area (Å²) in [5, 5.41) is 13.3. The molecule has 0 fully saturated rings. The molecular weight excluding hydrogens is 293 g/mol. The van der Waals surface area contributed by atoms with Crippen LogP contribution in [0.2, 0.25) is 0 Å². The third kappa shape index (κ3) is 5.65. The van der Waals surface area contributed by atoms with Crippen molar-refractivity contribution in [2.24, 2.45) is 5.73 Å². The van der Waals surface area contributed by atoms with Crippen molar-refractivity contribution in [2.75, 3.05) is 6.54 Å². The Labute approximate surface area is 127 Å². The molecule has 0 saturated heterocycles. The topological polar surface area (TPSA) is 107 Å². The normalized spacial score (nSPS) is 12.6. The lowest BCUT2D eigenvalue weighted by molar-refractivity contribution is -0.385. The molecule has 22 heavy (non-hydrogen) atoms. The van der Waals surface area contributed by atoms with Crippen molar-refractivity contribution in [3.8, 4) is 0 Å². The second-order valence-corrected chi connectivity index (χ2v) is 5.84. The Balaban J connectivity index is 2.65. The van der Waals surface area contributed by atoms with Crippen LogP contribution >= 0.6 is 0 Å². The molecule has 0 aliphatic heterocycles. The van der Waals surface area contributed by atoms with E-state index in [2.05, 4.69) is 5.32 Å². The number of hydrogen-bond donors (Lipinski definition) is 2. The molecule has 7 nitrogen and oxygen atoms in total. The highest BCUT2D eigenvalue weighted by Gasteiger charge is 2.21. The average molecular weight is 313 g/mol. The van der Waals surface area contributed by atoms with Crippen molar-refractivity contribution >= 4 is 11.8 Å². The minimum absolute atomic E-state index is 0.0143. The van der Waals surface area contributed by atoms with Gasteiger partial charge >= 0.3 is 6.09 Å². The number of nitrogens with one attached hydrogen (secondary N) is 1. The number of alkyl carbamates (subject to hydrolysis) is 1. The molecule has 0 spiro atoms. The molecule has 0 heterocycles. The molecule has 1 rings (SSSR count). The van der Waals surface area contributed by atoms with Gasteiger partial charge in [0.15, 0.2) is 0 Å². The third-order valence-electron chi connectivity index (χ3n) is 2.66. The van der Waals surface area contributed by atoms with Crippen molar-refractivity contribution in [1.29, 1.82) is 0 Å². The summed E-state index contributed by atoms with van der Waals surface area (Å²) in [6.45, 7) is 5.17. The summed E-state index contributed by atoms with van der Waals surface area (Å²) < 4.78 is 18.8. The summed E-state index contributed by atoms with van der Waals surface area (Å²) >= 11 is 0. The Morgan fingerprint density at radius 1 is 1.50 bits per heavy atom. The fourth-order valence-electron chi connectivity index (χ4n) is 1.78. The SMILES string of the molecule is CC(C)(C)OC(=O)NCC(N)Cc1c(F)cccc1[N+](=O)[O-]. The average Bonchev–Trinajstić information content (AvgIpc) is 2.36. The highest BCUT2D eigenvalue weighted by molar-refractivity contribution is 5.67. The maximum atomic E-state index is 13.7. The number of hydrogen-bond acceptors (Lipinski definition) is 5. The van der Waals surface area contributed by atoms with Crippen LogP contribution in [-0.4, -0.2) is 29.2 Å². The molecule has 1 unspecified atom stereocenters. The fourth-order valence-corrected chi connectivity index (χ4v) is 1.78. The van der Waals surface area contributed by atoms with E-state index in [1.165, 1.54) is 12.1 Å². The molecule has 8 heteroatoms. The molecule has 3 N–H and O–H groups in total. The number of halogens is 1. The molecule has 0 aliphatic carbocycles. The van der Waals surface area contributed by atoms with E-state index < -0.39 is 28.5 Å². The van der Waals surface area contributed by atoms with Gasteiger partial charge in [0.1, 0.15) is 11.4 Å². The Hall–Kier alpha value is -2.22. The number of nitrogens with zero attached hydrogens (tertiary/aromatic N) is 1. The van der Waals surface area contributed by atoms with Crippen LogP contribution in [0, 0.1) is 15.9 Å². The molecule has 0 bridgehead atoms. The summed E-state index contributed by atoms with van der Waals surface area (Å²) in [6.07, 6.45) is -0.718. The van der Waals surface area contributed by atoms with Crippen LogP contribution in [0.15, 0.2) is 18.2 Å². The van der Waals surface area contributed by atoms with Crippen molar-refractivity contribution in [3.05, 3.63) is 39.7 Å². The van der Waals surface area contributed by atoms with Gasteiger partial charge in [0.2, 0.25) is 0 Å². The number of carbonyl (C=O) groups excluding carboxylic acids is 1. The summed E-state index contributed by atoms with van der Waals surface area (Å²) in [4.78, 5) is 21.7. The first-order chi connectivity index (χ1) is 10.1. The van der Waals surface area contributed by atoms with E-state index in [4.69, 9.17) is 10.5 Å². The number of ether oxygens (including phenoxy) is 1. The standard InChI is InChI=1S/C14H20FN3O4/c1-14(2,3)22-13(19)17-8-9(16)7-10-11(15)5-4-6-12(10)18(20)21/h4-6,9H,7-8,16H2,1-3H3,(H,17,19). The zero-order valence-corrected chi connectivity index (χ0v) is 12.8. The summed E-state index contributed by atoms with van der Waals surface area (Å²) in [6, 6.07) is 2.94. The van der Waals surface area contributed by atoms with Crippen molar-refractivity contribution in [3.63, 3.8) is 0 Å². The van der Waals surface area contributed by atoms with Crippen molar-refractivity contribution in [1.82, 2.24) is 5.32 Å². The van der Waals surface area contributed by atoms with Gasteiger partial charge in [-0.2, -0.15) is 0 Å². The maximum absolute atomic E-state index is 13.7. The molecule has 0 aromatic heterocycles. The smallest absolute Gasteiger partial charge is 0.407 e. The zero-order valence-electron chi connectivity index (χ0n) is 12.8. The summed E-state index contributed by atoms with van der Waals surface area (Å²) in [5.74, 6) is -0.693. The molecule has 1 amide bonds. The Morgan fingerprint density at radius 3 is 2.68 bits per heavy atom. The first-order valence-electron chi connectivity index (χ1n) is 6.74. The number of benzene rings is 1. The van der Waals surface area contributed by atoms with E-state index in [0.29, 0.717) is 0 Å². The van der Waals surface area contributed by atoms with Crippen molar-refractivity contribution in [2.45, 2.75) is 38.8 Å². The van der Waals surface area contributed by atoms with Gasteiger partial charge in [0.05, 0.1) is 10.5 Å². The number of amides is 1. The maximum Gasteiger partial charge on any atom is 0.407 e. The van der Waals surface area contributed by atoms with E-state index in [-0.39, 0.29) is 24.2 Å².